The number of aromatic amines is 1. The van der Waals surface area contributed by atoms with Gasteiger partial charge in [-0.1, -0.05) is 18.2 Å². The molecule has 0 atom stereocenters. The van der Waals surface area contributed by atoms with E-state index in [2.05, 4.69) is 15.2 Å². The van der Waals surface area contributed by atoms with Crippen LogP contribution < -0.4 is 0 Å². The minimum atomic E-state index is -0.627. The molecule has 1 N–H and O–H groups in total. The highest BCUT2D eigenvalue weighted by Gasteiger charge is 2.17. The summed E-state index contributed by atoms with van der Waals surface area (Å²) in [6, 6.07) is 6.33. The Balaban J connectivity index is 2.19. The zero-order valence-electron chi connectivity index (χ0n) is 10.7. The number of carbonyl (C=O) groups excluding carboxylic acids is 1. The van der Waals surface area contributed by atoms with Crippen molar-refractivity contribution in [3.8, 4) is 0 Å². The van der Waals surface area contributed by atoms with E-state index in [1.165, 1.54) is 6.07 Å². The number of aromatic nitrogens is 3. The summed E-state index contributed by atoms with van der Waals surface area (Å²) in [6.07, 6.45) is 0.184. The van der Waals surface area contributed by atoms with Crippen LogP contribution in [0.2, 0.25) is 0 Å². The van der Waals surface area contributed by atoms with Gasteiger partial charge in [-0.3, -0.25) is 15.2 Å². The summed E-state index contributed by atoms with van der Waals surface area (Å²) >= 11 is 0. The van der Waals surface area contributed by atoms with Gasteiger partial charge in [0.05, 0.1) is 11.5 Å². The quantitative estimate of drug-likeness (QED) is 0.503. The Kier molecular flexibility index (Phi) is 4.04. The molecule has 20 heavy (non-hydrogen) atoms. The molecule has 0 aliphatic heterocycles. The fourth-order valence-electron chi connectivity index (χ4n) is 1.68. The number of H-pyrrole nitrogens is 1. The van der Waals surface area contributed by atoms with E-state index in [1.54, 1.807) is 25.1 Å². The maximum atomic E-state index is 11.4. The van der Waals surface area contributed by atoms with Crippen LogP contribution in [0.1, 0.15) is 28.9 Å². The molecule has 8 nitrogen and oxygen atoms in total. The lowest BCUT2D eigenvalue weighted by molar-refractivity contribution is -0.385. The molecular weight excluding hydrogens is 264 g/mol. The van der Waals surface area contributed by atoms with Crippen LogP contribution in [0.15, 0.2) is 24.3 Å². The number of nitro benzene ring substituents is 1. The minimum Gasteiger partial charge on any atom is -0.460 e. The summed E-state index contributed by atoms with van der Waals surface area (Å²) in [4.78, 5) is 25.8. The van der Waals surface area contributed by atoms with Gasteiger partial charge in [-0.2, -0.15) is 0 Å². The van der Waals surface area contributed by atoms with E-state index in [1.807, 2.05) is 0 Å². The molecule has 2 aromatic rings. The molecule has 1 heterocycles. The van der Waals surface area contributed by atoms with Gasteiger partial charge in [0.15, 0.2) is 0 Å². The molecule has 0 spiro atoms. The lowest BCUT2D eigenvalue weighted by atomic mass is 10.1. The summed E-state index contributed by atoms with van der Waals surface area (Å²) in [7, 11) is 0. The topological polar surface area (TPSA) is 111 Å². The zero-order chi connectivity index (χ0) is 14.5. The van der Waals surface area contributed by atoms with Crippen LogP contribution in [-0.4, -0.2) is 32.7 Å². The predicted molar refractivity (Wildman–Crippen MR) is 68.2 cm³/mol. The molecule has 0 aliphatic rings. The van der Waals surface area contributed by atoms with E-state index >= 15 is 0 Å². The number of para-hydroxylation sites is 1. The van der Waals surface area contributed by atoms with Gasteiger partial charge in [0.2, 0.25) is 0 Å². The SMILES string of the molecule is CCOC(=O)c1n[nH]c(Cc2ccccc2[N+](=O)[O-])n1. The van der Waals surface area contributed by atoms with Crippen LogP contribution in [0.3, 0.4) is 0 Å². The summed E-state index contributed by atoms with van der Waals surface area (Å²) in [5.74, 6) is -0.347. The minimum absolute atomic E-state index is 0.00147. The van der Waals surface area contributed by atoms with Crippen molar-refractivity contribution >= 4 is 11.7 Å². The molecule has 0 radical (unpaired) electrons. The molecule has 0 amide bonds. The first-order valence-electron chi connectivity index (χ1n) is 5.92. The summed E-state index contributed by atoms with van der Waals surface area (Å²) in [5, 5.41) is 17.2. The number of benzene rings is 1. The van der Waals surface area contributed by atoms with Gasteiger partial charge >= 0.3 is 5.97 Å². The molecule has 0 aliphatic carbocycles. The lowest BCUT2D eigenvalue weighted by Crippen LogP contribution is -2.06. The molecule has 0 bridgehead atoms. The number of hydrogen-bond acceptors (Lipinski definition) is 6. The first-order valence-corrected chi connectivity index (χ1v) is 5.92. The maximum absolute atomic E-state index is 11.4. The smallest absolute Gasteiger partial charge is 0.378 e. The van der Waals surface area contributed by atoms with Gasteiger partial charge in [-0.05, 0) is 6.92 Å². The van der Waals surface area contributed by atoms with Crippen LogP contribution in [0.4, 0.5) is 5.69 Å². The van der Waals surface area contributed by atoms with Gasteiger partial charge < -0.3 is 4.74 Å². The van der Waals surface area contributed by atoms with Crippen molar-refractivity contribution in [1.29, 1.82) is 0 Å². The molecule has 0 fully saturated rings. The van der Waals surface area contributed by atoms with E-state index in [0.717, 1.165) is 0 Å². The Morgan fingerprint density at radius 1 is 1.45 bits per heavy atom. The Morgan fingerprint density at radius 2 is 2.20 bits per heavy atom. The van der Waals surface area contributed by atoms with Gasteiger partial charge in [0, 0.05) is 18.1 Å². The standard InChI is InChI=1S/C12H12N4O4/c1-2-20-12(17)11-13-10(14-15-11)7-8-5-3-4-6-9(8)16(18)19/h3-6H,2,7H2,1H3,(H,13,14,15). The van der Waals surface area contributed by atoms with Crippen molar-refractivity contribution in [2.75, 3.05) is 6.61 Å². The summed E-state index contributed by atoms with van der Waals surface area (Å²) < 4.78 is 4.76. The second kappa shape index (κ2) is 5.91. The number of rotatable bonds is 5. The second-order valence-corrected chi connectivity index (χ2v) is 3.89. The monoisotopic (exact) mass is 276 g/mol. The Hall–Kier alpha value is -2.77. The Bertz CT molecular complexity index is 638. The normalized spacial score (nSPS) is 10.2. The van der Waals surface area contributed by atoms with Crippen LogP contribution in [0.25, 0.3) is 0 Å². The molecule has 1 aromatic carbocycles. The van der Waals surface area contributed by atoms with Crippen molar-refractivity contribution in [1.82, 2.24) is 15.2 Å². The Morgan fingerprint density at radius 3 is 2.90 bits per heavy atom. The number of carbonyl (C=O) groups is 1. The van der Waals surface area contributed by atoms with Crippen molar-refractivity contribution in [3.05, 3.63) is 51.6 Å². The maximum Gasteiger partial charge on any atom is 0.378 e. The highest BCUT2D eigenvalue weighted by Crippen LogP contribution is 2.19. The molecule has 0 saturated carbocycles. The van der Waals surface area contributed by atoms with Gasteiger partial charge in [-0.25, -0.2) is 9.78 Å². The highest BCUT2D eigenvalue weighted by molar-refractivity contribution is 5.84. The van der Waals surface area contributed by atoms with Crippen LogP contribution in [-0.2, 0) is 11.2 Å². The number of esters is 1. The average Bonchev–Trinajstić information content (AvgIpc) is 2.88. The first kappa shape index (κ1) is 13.7. The van der Waals surface area contributed by atoms with E-state index in [-0.39, 0.29) is 24.5 Å². The van der Waals surface area contributed by atoms with E-state index in [4.69, 9.17) is 4.74 Å². The third-order valence-electron chi connectivity index (χ3n) is 2.54. The van der Waals surface area contributed by atoms with Crippen molar-refractivity contribution < 1.29 is 14.5 Å². The van der Waals surface area contributed by atoms with E-state index in [9.17, 15) is 14.9 Å². The number of ether oxygens (including phenoxy) is 1. The fourth-order valence-corrected chi connectivity index (χ4v) is 1.68. The second-order valence-electron chi connectivity index (χ2n) is 3.89. The van der Waals surface area contributed by atoms with E-state index < -0.39 is 10.9 Å². The predicted octanol–water partition coefficient (Wildman–Crippen LogP) is 1.48. The van der Waals surface area contributed by atoms with Crippen molar-refractivity contribution in [2.24, 2.45) is 0 Å². The molecule has 0 saturated heterocycles. The molecule has 2 rings (SSSR count). The highest BCUT2D eigenvalue weighted by atomic mass is 16.6. The fraction of sp³-hybridized carbons (Fsp3) is 0.250. The molecule has 0 unspecified atom stereocenters. The van der Waals surface area contributed by atoms with E-state index in [0.29, 0.717) is 11.4 Å². The largest absolute Gasteiger partial charge is 0.460 e. The van der Waals surface area contributed by atoms with Gasteiger partial charge in [-0.15, -0.1) is 5.10 Å². The molecule has 8 heteroatoms. The third kappa shape index (κ3) is 2.97. The Labute approximate surface area is 113 Å². The average molecular weight is 276 g/mol. The number of nitrogens with one attached hydrogen (secondary N) is 1. The van der Waals surface area contributed by atoms with Crippen molar-refractivity contribution in [3.63, 3.8) is 0 Å². The number of nitrogens with zero attached hydrogens (tertiary/aromatic N) is 3. The summed E-state index contributed by atoms with van der Waals surface area (Å²) in [5.41, 5.74) is 0.491. The van der Waals surface area contributed by atoms with Crippen LogP contribution >= 0.6 is 0 Å². The lowest BCUT2D eigenvalue weighted by Gasteiger charge is -1.99. The van der Waals surface area contributed by atoms with Gasteiger partial charge in [0.25, 0.3) is 11.5 Å². The molecule has 1 aromatic heterocycles. The molecular formula is C12H12N4O4. The van der Waals surface area contributed by atoms with Gasteiger partial charge in [0.1, 0.15) is 5.82 Å². The van der Waals surface area contributed by atoms with Crippen LogP contribution in [0.5, 0.6) is 0 Å². The third-order valence-corrected chi connectivity index (χ3v) is 2.54. The number of nitro groups is 1. The molecule has 104 valence electrons. The summed E-state index contributed by atoms with van der Waals surface area (Å²) in [6.45, 7) is 1.91. The van der Waals surface area contributed by atoms with Crippen LogP contribution in [0, 0.1) is 10.1 Å². The first-order chi connectivity index (χ1) is 9.61. The van der Waals surface area contributed by atoms with Crippen molar-refractivity contribution in [2.45, 2.75) is 13.3 Å². The number of hydrogen-bond donors (Lipinski definition) is 1. The zero-order valence-corrected chi connectivity index (χ0v) is 10.7.